The van der Waals surface area contributed by atoms with Gasteiger partial charge in [0.15, 0.2) is 0 Å². The zero-order valence-corrected chi connectivity index (χ0v) is 13.2. The average molecular weight is 342 g/mol. The molecule has 0 unspecified atom stereocenters. The van der Waals surface area contributed by atoms with E-state index in [2.05, 4.69) is 15.4 Å². The largest absolute Gasteiger partial charge is 0.573 e. The molecule has 2 aliphatic carbocycles. The molecule has 24 heavy (non-hydrogen) atoms. The molecule has 7 heteroatoms. The molecule has 0 bridgehead atoms. The Balaban J connectivity index is 1.38. The van der Waals surface area contributed by atoms with Crippen LogP contribution in [0.3, 0.4) is 0 Å². The van der Waals surface area contributed by atoms with E-state index in [1.807, 2.05) is 0 Å². The fourth-order valence-corrected chi connectivity index (χ4v) is 3.19. The van der Waals surface area contributed by atoms with Crippen molar-refractivity contribution >= 4 is 6.03 Å². The maximum absolute atomic E-state index is 12.3. The second-order valence-corrected chi connectivity index (χ2v) is 6.55. The molecular weight excluding hydrogens is 321 g/mol. The van der Waals surface area contributed by atoms with Gasteiger partial charge in [-0.2, -0.15) is 0 Å². The highest BCUT2D eigenvalue weighted by molar-refractivity contribution is 5.73. The van der Waals surface area contributed by atoms with Gasteiger partial charge in [-0.15, -0.1) is 13.2 Å². The molecule has 0 radical (unpaired) electrons. The van der Waals surface area contributed by atoms with Crippen molar-refractivity contribution in [2.75, 3.05) is 6.54 Å². The van der Waals surface area contributed by atoms with Gasteiger partial charge < -0.3 is 15.4 Å². The van der Waals surface area contributed by atoms with Crippen molar-refractivity contribution < 1.29 is 22.7 Å². The Morgan fingerprint density at radius 2 is 1.96 bits per heavy atom. The maximum atomic E-state index is 12.3. The summed E-state index contributed by atoms with van der Waals surface area (Å²) < 4.78 is 41.0. The molecule has 2 amide bonds. The maximum Gasteiger partial charge on any atom is 0.573 e. The number of carbonyl (C=O) groups excluding carboxylic acids is 1. The molecule has 2 saturated carbocycles. The van der Waals surface area contributed by atoms with E-state index in [4.69, 9.17) is 0 Å². The number of ether oxygens (including phenoxy) is 1. The van der Waals surface area contributed by atoms with Crippen LogP contribution in [0.2, 0.25) is 0 Å². The van der Waals surface area contributed by atoms with E-state index in [1.165, 1.54) is 37.5 Å². The van der Waals surface area contributed by atoms with Gasteiger partial charge in [-0.1, -0.05) is 18.2 Å². The fraction of sp³-hybridized carbons (Fsp3) is 0.588. The van der Waals surface area contributed by atoms with Crippen molar-refractivity contribution in [1.82, 2.24) is 10.6 Å². The van der Waals surface area contributed by atoms with Crippen LogP contribution >= 0.6 is 0 Å². The minimum Gasteiger partial charge on any atom is -0.405 e. The van der Waals surface area contributed by atoms with Crippen LogP contribution in [0.1, 0.15) is 31.2 Å². The molecule has 0 spiro atoms. The summed E-state index contributed by atoms with van der Waals surface area (Å²) in [7, 11) is 0. The quantitative estimate of drug-likeness (QED) is 0.791. The molecule has 2 aliphatic rings. The molecule has 0 saturated heterocycles. The normalized spacial score (nSPS) is 22.8. The third-order valence-corrected chi connectivity index (χ3v) is 4.64. The lowest BCUT2D eigenvalue weighted by Gasteiger charge is -2.14. The molecule has 4 nitrogen and oxygen atoms in total. The summed E-state index contributed by atoms with van der Waals surface area (Å²) in [6.07, 6.45) is 0.210. The molecule has 1 aromatic carbocycles. The number of alkyl halides is 3. The van der Waals surface area contributed by atoms with E-state index >= 15 is 0 Å². The minimum atomic E-state index is -4.75. The first-order valence-electron chi connectivity index (χ1n) is 8.28. The third-order valence-electron chi connectivity index (χ3n) is 4.64. The van der Waals surface area contributed by atoms with Crippen molar-refractivity contribution in [3.05, 3.63) is 29.8 Å². The first-order chi connectivity index (χ1) is 11.4. The van der Waals surface area contributed by atoms with Crippen LogP contribution in [-0.2, 0) is 6.54 Å². The molecule has 2 atom stereocenters. The van der Waals surface area contributed by atoms with Gasteiger partial charge in [0, 0.05) is 18.7 Å². The Labute approximate surface area is 138 Å². The molecule has 0 aliphatic heterocycles. The standard InChI is InChI=1S/C17H21F3N2O2/c18-17(19,20)24-15-4-2-1-3-13(15)10-22-16(23)21-8-7-12-9-14(12)11-5-6-11/h1-4,11-12,14H,5-10H2,(H2,21,22,23)/t12-,14+/m1/s1. The van der Waals surface area contributed by atoms with Gasteiger partial charge >= 0.3 is 12.4 Å². The lowest BCUT2D eigenvalue weighted by molar-refractivity contribution is -0.274. The number of para-hydroxylation sites is 1. The number of urea groups is 1. The van der Waals surface area contributed by atoms with Gasteiger partial charge in [-0.25, -0.2) is 4.79 Å². The van der Waals surface area contributed by atoms with Gasteiger partial charge in [0.1, 0.15) is 5.75 Å². The molecule has 2 N–H and O–H groups in total. The Hall–Kier alpha value is -1.92. The Morgan fingerprint density at radius 1 is 1.21 bits per heavy atom. The van der Waals surface area contributed by atoms with Gasteiger partial charge in [-0.3, -0.25) is 0 Å². The summed E-state index contributed by atoms with van der Waals surface area (Å²) in [6, 6.07) is 5.40. The number of hydrogen-bond acceptors (Lipinski definition) is 2. The first kappa shape index (κ1) is 16.9. The van der Waals surface area contributed by atoms with Gasteiger partial charge in [0.2, 0.25) is 0 Å². The lowest BCUT2D eigenvalue weighted by atomic mass is 10.2. The monoisotopic (exact) mass is 342 g/mol. The highest BCUT2D eigenvalue weighted by atomic mass is 19.4. The van der Waals surface area contributed by atoms with E-state index < -0.39 is 6.36 Å². The smallest absolute Gasteiger partial charge is 0.405 e. The van der Waals surface area contributed by atoms with Gasteiger partial charge in [0.05, 0.1) is 0 Å². The third kappa shape index (κ3) is 5.04. The minimum absolute atomic E-state index is 0.0216. The predicted octanol–water partition coefficient (Wildman–Crippen LogP) is 3.82. The Morgan fingerprint density at radius 3 is 2.67 bits per heavy atom. The number of nitrogens with one attached hydrogen (secondary N) is 2. The lowest BCUT2D eigenvalue weighted by Crippen LogP contribution is -2.36. The summed E-state index contributed by atoms with van der Waals surface area (Å²) >= 11 is 0. The van der Waals surface area contributed by atoms with Crippen LogP contribution in [0, 0.1) is 17.8 Å². The zero-order valence-electron chi connectivity index (χ0n) is 13.2. The van der Waals surface area contributed by atoms with Crippen molar-refractivity contribution in [2.45, 2.75) is 38.6 Å². The van der Waals surface area contributed by atoms with E-state index in [1.54, 1.807) is 6.07 Å². The number of rotatable bonds is 7. The Kier molecular flexibility index (Phi) is 4.87. The molecule has 0 aromatic heterocycles. The number of halogens is 3. The second-order valence-electron chi connectivity index (χ2n) is 6.55. The summed E-state index contributed by atoms with van der Waals surface area (Å²) in [5.74, 6) is 2.23. The molecular formula is C17H21F3N2O2. The number of carbonyl (C=O) groups is 1. The van der Waals surface area contributed by atoms with Crippen LogP contribution in [0.15, 0.2) is 24.3 Å². The summed E-state index contributed by atoms with van der Waals surface area (Å²) in [5, 5.41) is 5.33. The summed E-state index contributed by atoms with van der Waals surface area (Å²) in [6.45, 7) is 0.576. The van der Waals surface area contributed by atoms with Crippen molar-refractivity contribution in [1.29, 1.82) is 0 Å². The molecule has 1 aromatic rings. The molecule has 2 fully saturated rings. The molecule has 0 heterocycles. The summed E-state index contributed by atoms with van der Waals surface area (Å²) in [5.41, 5.74) is 0.279. The van der Waals surface area contributed by atoms with E-state index in [0.29, 0.717) is 6.54 Å². The highest BCUT2D eigenvalue weighted by Gasteiger charge is 2.46. The van der Waals surface area contributed by atoms with E-state index in [0.717, 1.165) is 24.2 Å². The summed E-state index contributed by atoms with van der Waals surface area (Å²) in [4.78, 5) is 11.8. The van der Waals surface area contributed by atoms with Crippen molar-refractivity contribution in [3.8, 4) is 5.75 Å². The van der Waals surface area contributed by atoms with Crippen LogP contribution in [0.25, 0.3) is 0 Å². The van der Waals surface area contributed by atoms with Crippen LogP contribution < -0.4 is 15.4 Å². The SMILES string of the molecule is O=C(NCC[C@@H]1C[C@H]1C1CC1)NCc1ccccc1OC(F)(F)F. The van der Waals surface area contributed by atoms with Crippen molar-refractivity contribution in [3.63, 3.8) is 0 Å². The first-order valence-corrected chi connectivity index (χ1v) is 8.28. The second kappa shape index (κ2) is 6.91. The molecule has 3 rings (SSSR count). The number of hydrogen-bond donors (Lipinski definition) is 2. The van der Waals surface area contributed by atoms with Gasteiger partial charge in [-0.05, 0) is 49.5 Å². The van der Waals surface area contributed by atoms with Crippen molar-refractivity contribution in [2.24, 2.45) is 17.8 Å². The van der Waals surface area contributed by atoms with Crippen LogP contribution in [0.5, 0.6) is 5.75 Å². The fourth-order valence-electron chi connectivity index (χ4n) is 3.19. The average Bonchev–Trinajstić information content (AvgIpc) is 3.37. The van der Waals surface area contributed by atoms with Gasteiger partial charge in [0.25, 0.3) is 0 Å². The molecule has 132 valence electrons. The topological polar surface area (TPSA) is 50.4 Å². The number of amides is 2. The van der Waals surface area contributed by atoms with Crippen LogP contribution in [0.4, 0.5) is 18.0 Å². The number of benzene rings is 1. The Bertz CT molecular complexity index is 587. The van der Waals surface area contributed by atoms with E-state index in [9.17, 15) is 18.0 Å². The van der Waals surface area contributed by atoms with Crippen LogP contribution in [-0.4, -0.2) is 18.9 Å². The van der Waals surface area contributed by atoms with E-state index in [-0.39, 0.29) is 23.9 Å². The predicted molar refractivity (Wildman–Crippen MR) is 82.3 cm³/mol. The zero-order chi connectivity index (χ0) is 17.2. The highest BCUT2D eigenvalue weighted by Crippen LogP contribution is 2.55.